The second-order valence-corrected chi connectivity index (χ2v) is 2.48. The lowest BCUT2D eigenvalue weighted by atomic mass is 10.2. The highest BCUT2D eigenvalue weighted by atomic mass is 14.6. The Kier molecular flexibility index (Phi) is 1.01. The second kappa shape index (κ2) is 1.83. The maximum atomic E-state index is 3.92. The summed E-state index contributed by atoms with van der Waals surface area (Å²) in [5.41, 5.74) is 1.29. The predicted octanol–water partition coefficient (Wildman–Crippen LogP) is 1.76. The van der Waals surface area contributed by atoms with Crippen LogP contribution < -0.4 is 0 Å². The van der Waals surface area contributed by atoms with Crippen molar-refractivity contribution in [2.75, 3.05) is 0 Å². The monoisotopic (exact) mass is 118 g/mol. The van der Waals surface area contributed by atoms with Crippen LogP contribution in [0.4, 0.5) is 0 Å². The van der Waals surface area contributed by atoms with Gasteiger partial charge in [-0.05, 0) is 30.4 Å². The highest BCUT2D eigenvalue weighted by Crippen LogP contribution is 2.38. The third kappa shape index (κ3) is 0.947. The zero-order chi connectivity index (χ0) is 6.10. The number of pyridine rings is 1. The van der Waals surface area contributed by atoms with Crippen LogP contribution in [0.1, 0.15) is 24.3 Å². The molecule has 9 heavy (non-hydrogen) atoms. The summed E-state index contributed by atoms with van der Waals surface area (Å²) in [6.45, 7) is 0. The molecular formula is C8H8N. The minimum Gasteiger partial charge on any atom is -0.254 e. The molecule has 1 heterocycles. The molecule has 0 saturated heterocycles. The lowest BCUT2D eigenvalue weighted by molar-refractivity contribution is 1.08. The topological polar surface area (TPSA) is 12.9 Å². The number of aromatic nitrogens is 1. The molecule has 0 spiro atoms. The van der Waals surface area contributed by atoms with Crippen molar-refractivity contribution in [2.45, 2.75) is 18.8 Å². The van der Waals surface area contributed by atoms with E-state index in [0.29, 0.717) is 0 Å². The summed E-state index contributed by atoms with van der Waals surface area (Å²) < 4.78 is 0. The van der Waals surface area contributed by atoms with E-state index in [1.807, 2.05) is 6.07 Å². The highest BCUT2D eigenvalue weighted by Gasteiger charge is 2.23. The van der Waals surface area contributed by atoms with E-state index in [1.54, 1.807) is 6.20 Å². The van der Waals surface area contributed by atoms with E-state index >= 15 is 0 Å². The minimum absolute atomic E-state index is 0.790. The van der Waals surface area contributed by atoms with Crippen molar-refractivity contribution in [1.29, 1.82) is 0 Å². The largest absolute Gasteiger partial charge is 0.254 e. The minimum atomic E-state index is 0.790. The van der Waals surface area contributed by atoms with E-state index in [2.05, 4.69) is 17.2 Å². The molecule has 1 aromatic rings. The number of hydrogen-bond acceptors (Lipinski definition) is 1. The van der Waals surface area contributed by atoms with Crippen LogP contribution in [0.3, 0.4) is 0 Å². The van der Waals surface area contributed by atoms with Crippen molar-refractivity contribution < 1.29 is 0 Å². The number of hydrogen-bond donors (Lipinski definition) is 0. The van der Waals surface area contributed by atoms with E-state index in [9.17, 15) is 0 Å². The summed E-state index contributed by atoms with van der Waals surface area (Å²) in [6, 6.07) is 4.08. The van der Waals surface area contributed by atoms with E-state index in [0.717, 1.165) is 5.92 Å². The van der Waals surface area contributed by atoms with Crippen LogP contribution in [0.15, 0.2) is 18.3 Å². The van der Waals surface area contributed by atoms with Crippen molar-refractivity contribution in [3.05, 3.63) is 30.1 Å². The van der Waals surface area contributed by atoms with Gasteiger partial charge in [0.05, 0.1) is 6.20 Å². The maximum Gasteiger partial charge on any atom is 0.0923 e. The van der Waals surface area contributed by atoms with Crippen LogP contribution in [-0.4, -0.2) is 4.98 Å². The van der Waals surface area contributed by atoms with Gasteiger partial charge in [-0.3, -0.25) is 4.98 Å². The van der Waals surface area contributed by atoms with Gasteiger partial charge in [0.25, 0.3) is 0 Å². The molecule has 1 fully saturated rings. The molecular weight excluding hydrogens is 110 g/mol. The van der Waals surface area contributed by atoms with Crippen molar-refractivity contribution in [1.82, 2.24) is 4.98 Å². The molecule has 1 aromatic heterocycles. The van der Waals surface area contributed by atoms with E-state index < -0.39 is 0 Å². The smallest absolute Gasteiger partial charge is 0.0923 e. The average Bonchev–Trinajstić information content (AvgIpc) is 2.71. The third-order valence-electron chi connectivity index (χ3n) is 1.65. The molecule has 0 aliphatic heterocycles. The summed E-state index contributed by atoms with van der Waals surface area (Å²) in [5.74, 6) is 0.790. The van der Waals surface area contributed by atoms with Gasteiger partial charge in [-0.1, -0.05) is 6.07 Å². The molecule has 1 nitrogen and oxygen atoms in total. The first-order valence-electron chi connectivity index (χ1n) is 3.29. The van der Waals surface area contributed by atoms with Crippen molar-refractivity contribution >= 4 is 0 Å². The number of nitrogens with zero attached hydrogens (tertiary/aromatic N) is 1. The molecule has 1 aliphatic carbocycles. The van der Waals surface area contributed by atoms with E-state index in [1.165, 1.54) is 18.4 Å². The zero-order valence-electron chi connectivity index (χ0n) is 5.17. The fraction of sp³-hybridized carbons (Fsp3) is 0.375. The summed E-state index contributed by atoms with van der Waals surface area (Å²) in [4.78, 5) is 3.92. The number of rotatable bonds is 1. The fourth-order valence-electron chi connectivity index (χ4n) is 0.961. The predicted molar refractivity (Wildman–Crippen MR) is 35.0 cm³/mol. The summed E-state index contributed by atoms with van der Waals surface area (Å²) >= 11 is 0. The third-order valence-corrected chi connectivity index (χ3v) is 1.65. The van der Waals surface area contributed by atoms with Gasteiger partial charge >= 0.3 is 0 Å². The van der Waals surface area contributed by atoms with E-state index in [4.69, 9.17) is 0 Å². The molecule has 2 rings (SSSR count). The van der Waals surface area contributed by atoms with Crippen LogP contribution in [0.2, 0.25) is 0 Å². The molecule has 1 radical (unpaired) electrons. The van der Waals surface area contributed by atoms with Crippen LogP contribution in [0, 0.1) is 6.20 Å². The Morgan fingerprint density at radius 2 is 2.44 bits per heavy atom. The molecule has 0 N–H and O–H groups in total. The Bertz CT molecular complexity index is 189. The maximum absolute atomic E-state index is 3.92. The molecule has 45 valence electrons. The van der Waals surface area contributed by atoms with Crippen LogP contribution in [0.5, 0.6) is 0 Å². The SMILES string of the molecule is [c]1ncccc1C1CC1. The molecule has 1 heteroatoms. The molecule has 0 atom stereocenters. The summed E-state index contributed by atoms with van der Waals surface area (Å²) in [6.07, 6.45) is 7.42. The molecule has 0 unspecified atom stereocenters. The van der Waals surface area contributed by atoms with Crippen LogP contribution in [-0.2, 0) is 0 Å². The van der Waals surface area contributed by atoms with Gasteiger partial charge in [-0.2, -0.15) is 0 Å². The zero-order valence-corrected chi connectivity index (χ0v) is 5.17. The van der Waals surface area contributed by atoms with Gasteiger partial charge in [0.1, 0.15) is 0 Å². The molecule has 1 saturated carbocycles. The van der Waals surface area contributed by atoms with Crippen LogP contribution >= 0.6 is 0 Å². The lowest BCUT2D eigenvalue weighted by Crippen LogP contribution is -1.78. The van der Waals surface area contributed by atoms with Gasteiger partial charge in [0.15, 0.2) is 0 Å². The second-order valence-electron chi connectivity index (χ2n) is 2.48. The van der Waals surface area contributed by atoms with Gasteiger partial charge in [-0.25, -0.2) is 0 Å². The molecule has 0 aromatic carbocycles. The molecule has 1 aliphatic rings. The quantitative estimate of drug-likeness (QED) is 0.547. The van der Waals surface area contributed by atoms with Gasteiger partial charge in [0.2, 0.25) is 0 Å². The van der Waals surface area contributed by atoms with Gasteiger partial charge in [-0.15, -0.1) is 0 Å². The standard InChI is InChI=1S/C8H8N/c1-2-8(6-9-5-1)7-3-4-7/h1-2,5,7H,3-4H2. The van der Waals surface area contributed by atoms with Crippen molar-refractivity contribution in [2.24, 2.45) is 0 Å². The Morgan fingerprint density at radius 1 is 1.56 bits per heavy atom. The molecule has 0 bridgehead atoms. The first-order chi connectivity index (χ1) is 4.47. The average molecular weight is 118 g/mol. The summed E-state index contributed by atoms with van der Waals surface area (Å²) in [5, 5.41) is 0. The fourth-order valence-corrected chi connectivity index (χ4v) is 0.961. The first-order valence-corrected chi connectivity index (χ1v) is 3.29. The summed E-state index contributed by atoms with van der Waals surface area (Å²) in [7, 11) is 0. The Hall–Kier alpha value is -0.850. The normalized spacial score (nSPS) is 17.8. The van der Waals surface area contributed by atoms with Crippen molar-refractivity contribution in [3.8, 4) is 0 Å². The first kappa shape index (κ1) is 4.98. The Morgan fingerprint density at radius 3 is 3.00 bits per heavy atom. The lowest BCUT2D eigenvalue weighted by Gasteiger charge is -1.90. The van der Waals surface area contributed by atoms with Crippen molar-refractivity contribution in [3.63, 3.8) is 0 Å². The molecule has 0 amide bonds. The Balaban J connectivity index is 2.29. The highest BCUT2D eigenvalue weighted by molar-refractivity contribution is 5.17. The van der Waals surface area contributed by atoms with Crippen LogP contribution in [0.25, 0.3) is 0 Å². The van der Waals surface area contributed by atoms with Gasteiger partial charge in [0, 0.05) is 6.20 Å². The van der Waals surface area contributed by atoms with E-state index in [-0.39, 0.29) is 0 Å². The van der Waals surface area contributed by atoms with Gasteiger partial charge < -0.3 is 0 Å². The Labute approximate surface area is 54.7 Å².